The summed E-state index contributed by atoms with van der Waals surface area (Å²) < 4.78 is 1.56. The predicted molar refractivity (Wildman–Crippen MR) is 122 cm³/mol. The Morgan fingerprint density at radius 3 is 2.57 bits per heavy atom. The molecule has 6 nitrogen and oxygen atoms in total. The highest BCUT2D eigenvalue weighted by Crippen LogP contribution is 2.30. The molecule has 0 fully saturated rings. The SMILES string of the molecule is CC[C@H](Sc1nc2ccccc2n1C(C)=O)C(=O)Nc1nc(-c2ccccc2)cs1. The third-order valence-corrected chi connectivity index (χ3v) is 6.63. The van der Waals surface area contributed by atoms with E-state index in [0.29, 0.717) is 16.7 Å². The number of aromatic nitrogens is 3. The van der Waals surface area contributed by atoms with Gasteiger partial charge < -0.3 is 5.32 Å². The average molecular weight is 437 g/mol. The van der Waals surface area contributed by atoms with E-state index < -0.39 is 5.25 Å². The summed E-state index contributed by atoms with van der Waals surface area (Å²) in [4.78, 5) is 34.2. The monoisotopic (exact) mass is 436 g/mol. The zero-order valence-electron chi connectivity index (χ0n) is 16.5. The van der Waals surface area contributed by atoms with Crippen molar-refractivity contribution in [1.29, 1.82) is 0 Å². The smallest absolute Gasteiger partial charge is 0.239 e. The summed E-state index contributed by atoms with van der Waals surface area (Å²) in [6.45, 7) is 3.44. The van der Waals surface area contributed by atoms with Gasteiger partial charge in [-0.05, 0) is 18.6 Å². The third-order valence-electron chi connectivity index (χ3n) is 4.56. The van der Waals surface area contributed by atoms with E-state index in [9.17, 15) is 9.59 Å². The Morgan fingerprint density at radius 2 is 1.83 bits per heavy atom. The number of nitrogens with one attached hydrogen (secondary N) is 1. The number of rotatable bonds is 6. The molecule has 0 aliphatic carbocycles. The first-order chi connectivity index (χ1) is 14.6. The number of carbonyl (C=O) groups is 2. The van der Waals surface area contributed by atoms with Crippen molar-refractivity contribution >= 4 is 51.1 Å². The molecule has 1 atom stereocenters. The summed E-state index contributed by atoms with van der Waals surface area (Å²) in [5.74, 6) is -0.285. The molecule has 0 radical (unpaired) electrons. The minimum absolute atomic E-state index is 0.131. The maximum atomic E-state index is 12.9. The van der Waals surface area contributed by atoms with Crippen LogP contribution in [-0.2, 0) is 4.79 Å². The Hall–Kier alpha value is -2.97. The number of thiazole rings is 1. The second-order valence-corrected chi connectivity index (χ2v) is 8.67. The van der Waals surface area contributed by atoms with Crippen LogP contribution in [0, 0.1) is 0 Å². The molecule has 30 heavy (non-hydrogen) atoms. The van der Waals surface area contributed by atoms with Gasteiger partial charge in [0.05, 0.1) is 22.0 Å². The molecular formula is C22H20N4O2S2. The molecule has 0 saturated carbocycles. The zero-order chi connectivity index (χ0) is 21.1. The van der Waals surface area contributed by atoms with Gasteiger partial charge in [0, 0.05) is 17.9 Å². The molecule has 0 bridgehead atoms. The van der Waals surface area contributed by atoms with Crippen LogP contribution in [0.5, 0.6) is 0 Å². The molecule has 0 unspecified atom stereocenters. The number of thioether (sulfide) groups is 1. The molecule has 8 heteroatoms. The number of imidazole rings is 1. The number of benzene rings is 2. The summed E-state index contributed by atoms with van der Waals surface area (Å²) >= 11 is 2.69. The third kappa shape index (κ3) is 4.15. The van der Waals surface area contributed by atoms with Crippen LogP contribution in [0.3, 0.4) is 0 Å². The van der Waals surface area contributed by atoms with Gasteiger partial charge in [0.15, 0.2) is 10.3 Å². The van der Waals surface area contributed by atoms with Crippen LogP contribution in [0.15, 0.2) is 65.1 Å². The molecule has 2 aromatic heterocycles. The fourth-order valence-electron chi connectivity index (χ4n) is 3.10. The molecule has 0 aliphatic rings. The molecular weight excluding hydrogens is 416 g/mol. The number of hydrogen-bond donors (Lipinski definition) is 1. The molecule has 0 saturated heterocycles. The van der Waals surface area contributed by atoms with Crippen LogP contribution in [0.4, 0.5) is 5.13 Å². The summed E-state index contributed by atoms with van der Waals surface area (Å²) in [5, 5.41) is 5.51. The molecule has 1 N–H and O–H groups in total. The van der Waals surface area contributed by atoms with Crippen LogP contribution in [0.2, 0.25) is 0 Å². The molecule has 4 rings (SSSR count). The van der Waals surface area contributed by atoms with Crippen LogP contribution < -0.4 is 5.32 Å². The largest absolute Gasteiger partial charge is 0.301 e. The Morgan fingerprint density at radius 1 is 1.10 bits per heavy atom. The first-order valence-corrected chi connectivity index (χ1v) is 11.3. The highest BCUT2D eigenvalue weighted by Gasteiger charge is 2.24. The van der Waals surface area contributed by atoms with Gasteiger partial charge >= 0.3 is 0 Å². The van der Waals surface area contributed by atoms with Crippen molar-refractivity contribution in [3.05, 3.63) is 60.0 Å². The van der Waals surface area contributed by atoms with Gasteiger partial charge in [0.25, 0.3) is 0 Å². The summed E-state index contributed by atoms with van der Waals surface area (Å²) in [7, 11) is 0. The number of carbonyl (C=O) groups excluding carboxylic acids is 2. The van der Waals surface area contributed by atoms with Crippen LogP contribution in [-0.4, -0.2) is 31.6 Å². The fraction of sp³-hybridized carbons (Fsp3) is 0.182. The van der Waals surface area contributed by atoms with E-state index in [1.54, 1.807) is 4.57 Å². The lowest BCUT2D eigenvalue weighted by Gasteiger charge is -2.13. The minimum Gasteiger partial charge on any atom is -0.301 e. The summed E-state index contributed by atoms with van der Waals surface area (Å²) in [5.41, 5.74) is 3.31. The van der Waals surface area contributed by atoms with Gasteiger partial charge in [0.2, 0.25) is 11.8 Å². The maximum Gasteiger partial charge on any atom is 0.239 e. The number of fused-ring (bicyclic) bond motifs is 1. The lowest BCUT2D eigenvalue weighted by molar-refractivity contribution is -0.115. The van der Waals surface area contributed by atoms with Crippen molar-refractivity contribution in [2.75, 3.05) is 5.32 Å². The van der Waals surface area contributed by atoms with Gasteiger partial charge in [-0.3, -0.25) is 14.2 Å². The van der Waals surface area contributed by atoms with Crippen molar-refractivity contribution in [1.82, 2.24) is 14.5 Å². The van der Waals surface area contributed by atoms with Gasteiger partial charge in [-0.25, -0.2) is 9.97 Å². The number of para-hydroxylation sites is 2. The zero-order valence-corrected chi connectivity index (χ0v) is 18.2. The Balaban J connectivity index is 1.53. The normalized spacial score (nSPS) is 12.1. The molecule has 4 aromatic rings. The quantitative estimate of drug-likeness (QED) is 0.414. The van der Waals surface area contributed by atoms with E-state index in [1.807, 2.05) is 66.9 Å². The first kappa shape index (κ1) is 20.3. The van der Waals surface area contributed by atoms with E-state index in [2.05, 4.69) is 15.3 Å². The lowest BCUT2D eigenvalue weighted by Crippen LogP contribution is -2.25. The van der Waals surface area contributed by atoms with Crippen molar-refractivity contribution < 1.29 is 9.59 Å². The minimum atomic E-state index is -0.399. The molecule has 1 amide bonds. The van der Waals surface area contributed by atoms with Crippen molar-refractivity contribution in [3.8, 4) is 11.3 Å². The van der Waals surface area contributed by atoms with E-state index in [1.165, 1.54) is 30.0 Å². The molecule has 152 valence electrons. The van der Waals surface area contributed by atoms with Crippen LogP contribution >= 0.6 is 23.1 Å². The highest BCUT2D eigenvalue weighted by atomic mass is 32.2. The molecule has 2 heterocycles. The fourth-order valence-corrected chi connectivity index (χ4v) is 4.89. The maximum absolute atomic E-state index is 12.9. The second-order valence-electron chi connectivity index (χ2n) is 6.65. The van der Waals surface area contributed by atoms with Crippen molar-refractivity contribution in [2.45, 2.75) is 30.7 Å². The number of anilines is 1. The topological polar surface area (TPSA) is 76.9 Å². The van der Waals surface area contributed by atoms with Crippen molar-refractivity contribution in [3.63, 3.8) is 0 Å². The number of hydrogen-bond acceptors (Lipinski definition) is 6. The predicted octanol–water partition coefficient (Wildman–Crippen LogP) is 5.33. The lowest BCUT2D eigenvalue weighted by atomic mass is 10.2. The second kappa shape index (κ2) is 8.81. The molecule has 0 aliphatic heterocycles. The van der Waals surface area contributed by atoms with E-state index in [-0.39, 0.29) is 11.8 Å². The first-order valence-electron chi connectivity index (χ1n) is 9.53. The Kier molecular flexibility index (Phi) is 5.96. The van der Waals surface area contributed by atoms with Crippen molar-refractivity contribution in [2.24, 2.45) is 0 Å². The van der Waals surface area contributed by atoms with E-state index in [4.69, 9.17) is 0 Å². The van der Waals surface area contributed by atoms with Gasteiger partial charge in [-0.2, -0.15) is 0 Å². The Bertz CT molecular complexity index is 1200. The standard InChI is InChI=1S/C22H20N4O2S2/c1-3-19(30-22-24-16-11-7-8-12-18(16)26(22)14(2)27)20(28)25-21-23-17(13-29-21)15-9-5-4-6-10-15/h4-13,19H,3H2,1-2H3,(H,23,25,28)/t19-/m0/s1. The number of amides is 1. The van der Waals surface area contributed by atoms with Gasteiger partial charge in [-0.1, -0.05) is 61.2 Å². The highest BCUT2D eigenvalue weighted by molar-refractivity contribution is 8.00. The van der Waals surface area contributed by atoms with Gasteiger partial charge in [0.1, 0.15) is 0 Å². The summed E-state index contributed by atoms with van der Waals surface area (Å²) in [6, 6.07) is 17.3. The molecule has 2 aromatic carbocycles. The van der Waals surface area contributed by atoms with Crippen LogP contribution in [0.1, 0.15) is 25.1 Å². The van der Waals surface area contributed by atoms with Crippen LogP contribution in [0.25, 0.3) is 22.3 Å². The van der Waals surface area contributed by atoms with E-state index >= 15 is 0 Å². The average Bonchev–Trinajstić information content (AvgIpc) is 3.36. The number of nitrogens with zero attached hydrogens (tertiary/aromatic N) is 3. The Labute approximate surface area is 182 Å². The van der Waals surface area contributed by atoms with E-state index in [0.717, 1.165) is 22.3 Å². The molecule has 0 spiro atoms. The summed E-state index contributed by atoms with van der Waals surface area (Å²) in [6.07, 6.45) is 0.592. The van der Waals surface area contributed by atoms with Gasteiger partial charge in [-0.15, -0.1) is 11.3 Å².